The van der Waals surface area contributed by atoms with Crippen LogP contribution in [0.4, 0.5) is 5.69 Å². The molecule has 1 aliphatic heterocycles. The summed E-state index contributed by atoms with van der Waals surface area (Å²) >= 11 is 0. The van der Waals surface area contributed by atoms with Crippen molar-refractivity contribution >= 4 is 17.6 Å². The summed E-state index contributed by atoms with van der Waals surface area (Å²) in [7, 11) is 1.46. The maximum Gasteiger partial charge on any atom is 0.339 e. The highest BCUT2D eigenvalue weighted by atomic mass is 16.5. The van der Waals surface area contributed by atoms with Crippen molar-refractivity contribution < 1.29 is 24.2 Å². The van der Waals surface area contributed by atoms with Crippen LogP contribution in [0.5, 0.6) is 5.75 Å². The van der Waals surface area contributed by atoms with Crippen molar-refractivity contribution in [2.45, 2.75) is 13.0 Å². The molecule has 1 heterocycles. The molecule has 0 aromatic heterocycles. The lowest BCUT2D eigenvalue weighted by molar-refractivity contribution is -0.127. The Morgan fingerprint density at radius 2 is 2.21 bits per heavy atom. The van der Waals surface area contributed by atoms with Crippen LogP contribution in [0.1, 0.15) is 17.3 Å². The predicted molar refractivity (Wildman–Crippen MR) is 67.7 cm³/mol. The van der Waals surface area contributed by atoms with Crippen LogP contribution in [0.15, 0.2) is 18.2 Å². The number of anilines is 1. The summed E-state index contributed by atoms with van der Waals surface area (Å²) in [6.45, 7) is 2.29. The second-order valence-corrected chi connectivity index (χ2v) is 4.18. The molecule has 19 heavy (non-hydrogen) atoms. The van der Waals surface area contributed by atoms with E-state index in [0.717, 1.165) is 0 Å². The monoisotopic (exact) mass is 265 g/mol. The minimum Gasteiger partial charge on any atom is -0.489 e. The quantitative estimate of drug-likeness (QED) is 0.887. The van der Waals surface area contributed by atoms with Gasteiger partial charge in [-0.25, -0.2) is 4.79 Å². The number of nitrogens with zero attached hydrogens (tertiary/aromatic N) is 1. The molecule has 0 radical (unpaired) electrons. The zero-order chi connectivity index (χ0) is 14.0. The summed E-state index contributed by atoms with van der Waals surface area (Å²) in [6, 6.07) is 4.71. The SMILES string of the molecule is COC(C)C(=O)N1CCOc2c(C(=O)O)cccc21. The van der Waals surface area contributed by atoms with E-state index < -0.39 is 12.1 Å². The van der Waals surface area contributed by atoms with Crippen molar-refractivity contribution in [3.8, 4) is 5.75 Å². The van der Waals surface area contributed by atoms with Crippen molar-refractivity contribution in [2.24, 2.45) is 0 Å². The first-order chi connectivity index (χ1) is 9.06. The molecule has 6 nitrogen and oxygen atoms in total. The number of para-hydroxylation sites is 1. The molecule has 0 spiro atoms. The second-order valence-electron chi connectivity index (χ2n) is 4.18. The minimum atomic E-state index is -1.08. The van der Waals surface area contributed by atoms with Crippen LogP contribution in [0.3, 0.4) is 0 Å². The van der Waals surface area contributed by atoms with Gasteiger partial charge in [0, 0.05) is 7.11 Å². The number of benzene rings is 1. The highest BCUT2D eigenvalue weighted by molar-refractivity contribution is 6.01. The summed E-state index contributed by atoms with van der Waals surface area (Å²) in [4.78, 5) is 24.8. The fourth-order valence-electron chi connectivity index (χ4n) is 1.97. The number of hydrogen-bond acceptors (Lipinski definition) is 4. The first kappa shape index (κ1) is 13.4. The van der Waals surface area contributed by atoms with Gasteiger partial charge in [0.15, 0.2) is 5.75 Å². The highest BCUT2D eigenvalue weighted by Gasteiger charge is 2.29. The fraction of sp³-hybridized carbons (Fsp3) is 0.385. The van der Waals surface area contributed by atoms with E-state index in [2.05, 4.69) is 0 Å². The molecule has 1 amide bonds. The van der Waals surface area contributed by atoms with Crippen LogP contribution < -0.4 is 9.64 Å². The molecule has 1 aliphatic rings. The summed E-state index contributed by atoms with van der Waals surface area (Å²) in [5.74, 6) is -1.06. The van der Waals surface area contributed by atoms with Gasteiger partial charge in [0.2, 0.25) is 0 Å². The molecule has 1 aromatic carbocycles. The smallest absolute Gasteiger partial charge is 0.339 e. The van der Waals surface area contributed by atoms with E-state index in [4.69, 9.17) is 14.6 Å². The van der Waals surface area contributed by atoms with Gasteiger partial charge in [-0.2, -0.15) is 0 Å². The molecular formula is C13H15NO5. The Hall–Kier alpha value is -2.08. The first-order valence-electron chi connectivity index (χ1n) is 5.89. The van der Waals surface area contributed by atoms with Gasteiger partial charge in [0.05, 0.1) is 12.2 Å². The Bertz CT molecular complexity index is 514. The van der Waals surface area contributed by atoms with Crippen molar-refractivity contribution in [3.05, 3.63) is 23.8 Å². The van der Waals surface area contributed by atoms with Gasteiger partial charge >= 0.3 is 5.97 Å². The first-order valence-corrected chi connectivity index (χ1v) is 5.89. The molecule has 1 N–H and O–H groups in total. The third-order valence-corrected chi connectivity index (χ3v) is 3.04. The Labute approximate surface area is 110 Å². The average molecular weight is 265 g/mol. The fourth-order valence-corrected chi connectivity index (χ4v) is 1.97. The predicted octanol–water partition coefficient (Wildman–Crippen LogP) is 1.15. The van der Waals surface area contributed by atoms with Gasteiger partial charge in [0.1, 0.15) is 18.3 Å². The van der Waals surface area contributed by atoms with Crippen LogP contribution in [0.25, 0.3) is 0 Å². The van der Waals surface area contributed by atoms with E-state index >= 15 is 0 Å². The minimum absolute atomic E-state index is 0.0556. The number of hydrogen-bond donors (Lipinski definition) is 1. The van der Waals surface area contributed by atoms with Crippen LogP contribution >= 0.6 is 0 Å². The Morgan fingerprint density at radius 3 is 2.84 bits per heavy atom. The molecule has 0 fully saturated rings. The van der Waals surface area contributed by atoms with E-state index in [1.807, 2.05) is 0 Å². The van der Waals surface area contributed by atoms with E-state index in [0.29, 0.717) is 12.2 Å². The number of ether oxygens (including phenoxy) is 2. The van der Waals surface area contributed by atoms with Gasteiger partial charge in [-0.3, -0.25) is 4.79 Å². The lowest BCUT2D eigenvalue weighted by Crippen LogP contribution is -2.43. The van der Waals surface area contributed by atoms with E-state index in [1.54, 1.807) is 19.1 Å². The number of aromatic carboxylic acids is 1. The van der Waals surface area contributed by atoms with Gasteiger partial charge in [-0.05, 0) is 19.1 Å². The molecule has 6 heteroatoms. The van der Waals surface area contributed by atoms with Gasteiger partial charge in [0.25, 0.3) is 5.91 Å². The summed E-state index contributed by atoms with van der Waals surface area (Å²) in [6.07, 6.45) is -0.584. The molecule has 0 saturated heterocycles. The lowest BCUT2D eigenvalue weighted by Gasteiger charge is -2.31. The van der Waals surface area contributed by atoms with Crippen LogP contribution in [0.2, 0.25) is 0 Å². The number of carbonyl (C=O) groups excluding carboxylic acids is 1. The van der Waals surface area contributed by atoms with Crippen LogP contribution in [-0.4, -0.2) is 43.3 Å². The summed E-state index contributed by atoms with van der Waals surface area (Å²) < 4.78 is 10.4. The topological polar surface area (TPSA) is 76.1 Å². The molecule has 1 aromatic rings. The number of amides is 1. The molecule has 0 bridgehead atoms. The van der Waals surface area contributed by atoms with E-state index in [9.17, 15) is 9.59 Å². The lowest BCUT2D eigenvalue weighted by atomic mass is 10.1. The second kappa shape index (κ2) is 5.27. The van der Waals surface area contributed by atoms with Gasteiger partial charge in [-0.15, -0.1) is 0 Å². The number of methoxy groups -OCH3 is 1. The molecule has 0 saturated carbocycles. The van der Waals surface area contributed by atoms with Gasteiger partial charge < -0.3 is 19.5 Å². The third-order valence-electron chi connectivity index (χ3n) is 3.04. The number of rotatable bonds is 3. The average Bonchev–Trinajstić information content (AvgIpc) is 2.44. The zero-order valence-corrected chi connectivity index (χ0v) is 10.8. The number of carboxylic acid groups (broad SMARTS) is 1. The summed E-state index contributed by atoms with van der Waals surface area (Å²) in [5, 5.41) is 9.11. The normalized spacial score (nSPS) is 15.4. The Kier molecular flexibility index (Phi) is 3.71. The standard InChI is InChI=1S/C13H15NO5/c1-8(18-2)12(15)14-6-7-19-11-9(13(16)17)4-3-5-10(11)14/h3-5,8H,6-7H2,1-2H3,(H,16,17). The zero-order valence-electron chi connectivity index (χ0n) is 10.8. The van der Waals surface area contributed by atoms with Crippen LogP contribution in [0, 0.1) is 0 Å². The maximum atomic E-state index is 12.2. The molecule has 1 unspecified atom stereocenters. The largest absolute Gasteiger partial charge is 0.489 e. The Balaban J connectivity index is 2.43. The van der Waals surface area contributed by atoms with Crippen molar-refractivity contribution in [1.82, 2.24) is 0 Å². The molecule has 0 aliphatic carbocycles. The van der Waals surface area contributed by atoms with Gasteiger partial charge in [-0.1, -0.05) is 6.07 Å². The third kappa shape index (κ3) is 2.39. The number of carboxylic acids is 1. The Morgan fingerprint density at radius 1 is 1.47 bits per heavy atom. The van der Waals surface area contributed by atoms with Crippen molar-refractivity contribution in [3.63, 3.8) is 0 Å². The van der Waals surface area contributed by atoms with E-state index in [1.165, 1.54) is 18.1 Å². The molecule has 2 rings (SSSR count). The molecular weight excluding hydrogens is 250 g/mol. The van der Waals surface area contributed by atoms with Crippen LogP contribution in [-0.2, 0) is 9.53 Å². The van der Waals surface area contributed by atoms with E-state index in [-0.39, 0.29) is 23.8 Å². The van der Waals surface area contributed by atoms with Crippen molar-refractivity contribution in [2.75, 3.05) is 25.2 Å². The van der Waals surface area contributed by atoms with Crippen molar-refractivity contribution in [1.29, 1.82) is 0 Å². The number of fused-ring (bicyclic) bond motifs is 1. The maximum absolute atomic E-state index is 12.2. The highest BCUT2D eigenvalue weighted by Crippen LogP contribution is 2.35. The molecule has 102 valence electrons. The number of carbonyl (C=O) groups is 2. The summed E-state index contributed by atoms with van der Waals surface area (Å²) in [5.41, 5.74) is 0.528. The molecule has 1 atom stereocenters.